The third kappa shape index (κ3) is 3.44. The van der Waals surface area contributed by atoms with Crippen LogP contribution in [-0.2, 0) is 24.3 Å². The molecule has 0 saturated heterocycles. The van der Waals surface area contributed by atoms with Crippen LogP contribution in [0.25, 0.3) is 11.0 Å². The summed E-state index contributed by atoms with van der Waals surface area (Å²) in [6.45, 7) is 0.807. The molecule has 1 amide bonds. The standard InChI is InChI=1S/C18H18F2N6O/c1-18(19,20)9-26-8-13-16(22-10-23-17(13)24-26)21-7-11-3-4-14-12(5-11)6-15(27)25(14)2/h3-5,8,10H,6-7,9H2,1-2H3,(H,21,22,23,24). The minimum Gasteiger partial charge on any atom is -0.365 e. The zero-order valence-electron chi connectivity index (χ0n) is 14.9. The van der Waals surface area contributed by atoms with Crippen LogP contribution in [0.4, 0.5) is 20.3 Å². The van der Waals surface area contributed by atoms with Gasteiger partial charge in [-0.3, -0.25) is 9.48 Å². The number of benzene rings is 1. The Morgan fingerprint density at radius 1 is 1.30 bits per heavy atom. The van der Waals surface area contributed by atoms with Gasteiger partial charge in [-0.15, -0.1) is 0 Å². The summed E-state index contributed by atoms with van der Waals surface area (Å²) in [5, 5.41) is 7.86. The zero-order valence-corrected chi connectivity index (χ0v) is 14.9. The summed E-state index contributed by atoms with van der Waals surface area (Å²) in [5.41, 5.74) is 3.27. The average molecular weight is 372 g/mol. The van der Waals surface area contributed by atoms with Crippen LogP contribution in [0.5, 0.6) is 0 Å². The quantitative estimate of drug-likeness (QED) is 0.745. The largest absolute Gasteiger partial charge is 0.365 e. The maximum atomic E-state index is 13.2. The third-order valence-corrected chi connectivity index (χ3v) is 4.48. The van der Waals surface area contributed by atoms with Crippen LogP contribution in [0.1, 0.15) is 18.1 Å². The van der Waals surface area contributed by atoms with Crippen LogP contribution in [0.2, 0.25) is 0 Å². The topological polar surface area (TPSA) is 75.9 Å². The summed E-state index contributed by atoms with van der Waals surface area (Å²) < 4.78 is 27.6. The second-order valence-electron chi connectivity index (χ2n) is 6.80. The Kier molecular flexibility index (Phi) is 4.01. The lowest BCUT2D eigenvalue weighted by Gasteiger charge is -2.11. The molecule has 1 N–H and O–H groups in total. The molecule has 27 heavy (non-hydrogen) atoms. The van der Waals surface area contributed by atoms with Crippen molar-refractivity contribution in [3.05, 3.63) is 41.9 Å². The Morgan fingerprint density at radius 2 is 2.11 bits per heavy atom. The van der Waals surface area contributed by atoms with Crippen LogP contribution < -0.4 is 10.2 Å². The first-order chi connectivity index (χ1) is 12.8. The maximum Gasteiger partial charge on any atom is 0.264 e. The molecule has 7 nitrogen and oxygen atoms in total. The lowest BCUT2D eigenvalue weighted by atomic mass is 10.1. The van der Waals surface area contributed by atoms with E-state index in [-0.39, 0.29) is 5.91 Å². The van der Waals surface area contributed by atoms with Gasteiger partial charge in [0, 0.05) is 32.4 Å². The first-order valence-electron chi connectivity index (χ1n) is 8.48. The molecule has 1 aliphatic rings. The van der Waals surface area contributed by atoms with Crippen LogP contribution in [0.3, 0.4) is 0 Å². The van der Waals surface area contributed by atoms with Gasteiger partial charge in [-0.25, -0.2) is 18.7 Å². The van der Waals surface area contributed by atoms with E-state index in [2.05, 4.69) is 20.4 Å². The van der Waals surface area contributed by atoms with E-state index in [0.29, 0.717) is 29.8 Å². The number of nitrogens with zero attached hydrogens (tertiary/aromatic N) is 5. The molecule has 9 heteroatoms. The number of hydrogen-bond donors (Lipinski definition) is 1. The van der Waals surface area contributed by atoms with Crippen LogP contribution in [-0.4, -0.2) is 38.6 Å². The lowest BCUT2D eigenvalue weighted by Crippen LogP contribution is -2.20. The molecular weight excluding hydrogens is 354 g/mol. The predicted octanol–water partition coefficient (Wildman–Crippen LogP) is 2.61. The number of hydrogen-bond acceptors (Lipinski definition) is 5. The van der Waals surface area contributed by atoms with Crippen molar-refractivity contribution < 1.29 is 13.6 Å². The monoisotopic (exact) mass is 372 g/mol. The van der Waals surface area contributed by atoms with Crippen molar-refractivity contribution in [1.82, 2.24) is 19.7 Å². The number of nitrogens with one attached hydrogen (secondary N) is 1. The highest BCUT2D eigenvalue weighted by molar-refractivity contribution is 6.00. The van der Waals surface area contributed by atoms with Gasteiger partial charge in [0.05, 0.1) is 11.8 Å². The number of anilines is 2. The number of carbonyl (C=O) groups is 1. The van der Waals surface area contributed by atoms with Gasteiger partial charge >= 0.3 is 0 Å². The van der Waals surface area contributed by atoms with Gasteiger partial charge in [0.1, 0.15) is 18.7 Å². The first-order valence-corrected chi connectivity index (χ1v) is 8.48. The Labute approximate surface area is 154 Å². The number of amides is 1. The molecule has 0 spiro atoms. The predicted molar refractivity (Wildman–Crippen MR) is 96.8 cm³/mol. The number of rotatable bonds is 5. The van der Waals surface area contributed by atoms with Gasteiger partial charge in [0.25, 0.3) is 5.92 Å². The zero-order chi connectivity index (χ0) is 19.2. The number of likely N-dealkylation sites (N-methyl/N-ethyl adjacent to an activating group) is 1. The molecule has 3 heterocycles. The number of fused-ring (bicyclic) bond motifs is 2. The molecule has 1 aromatic carbocycles. The summed E-state index contributed by atoms with van der Waals surface area (Å²) in [7, 11) is 1.77. The highest BCUT2D eigenvalue weighted by atomic mass is 19.3. The fourth-order valence-corrected chi connectivity index (χ4v) is 3.21. The van der Waals surface area contributed by atoms with Crippen molar-refractivity contribution in [3.63, 3.8) is 0 Å². The SMILES string of the molecule is CN1C(=O)Cc2cc(CNc3ncnc4nn(CC(C)(F)F)cc34)ccc21. The van der Waals surface area contributed by atoms with Gasteiger partial charge in [-0.05, 0) is 17.2 Å². The van der Waals surface area contributed by atoms with Gasteiger partial charge < -0.3 is 10.2 Å². The van der Waals surface area contributed by atoms with Gasteiger partial charge in [0.15, 0.2) is 5.65 Å². The van der Waals surface area contributed by atoms with Crippen LogP contribution in [0, 0.1) is 0 Å². The second kappa shape index (κ2) is 6.26. The molecule has 140 valence electrons. The smallest absolute Gasteiger partial charge is 0.264 e. The van der Waals surface area contributed by atoms with Crippen molar-refractivity contribution in [2.45, 2.75) is 32.4 Å². The third-order valence-electron chi connectivity index (χ3n) is 4.48. The summed E-state index contributed by atoms with van der Waals surface area (Å²) >= 11 is 0. The number of halogens is 2. The molecule has 0 bridgehead atoms. The van der Waals surface area contributed by atoms with Gasteiger partial charge in [0.2, 0.25) is 5.91 Å². The van der Waals surface area contributed by atoms with E-state index in [4.69, 9.17) is 0 Å². The highest BCUT2D eigenvalue weighted by Gasteiger charge is 2.24. The molecule has 0 fully saturated rings. The van der Waals surface area contributed by atoms with E-state index < -0.39 is 12.5 Å². The highest BCUT2D eigenvalue weighted by Crippen LogP contribution is 2.29. The minimum atomic E-state index is -2.86. The van der Waals surface area contributed by atoms with E-state index in [9.17, 15) is 13.6 Å². The molecule has 0 saturated carbocycles. The molecule has 0 radical (unpaired) electrons. The van der Waals surface area contributed by atoms with Crippen molar-refractivity contribution in [2.24, 2.45) is 0 Å². The molecule has 4 rings (SSSR count). The Bertz CT molecular complexity index is 1030. The van der Waals surface area contributed by atoms with E-state index >= 15 is 0 Å². The Hall–Kier alpha value is -3.10. The molecule has 0 atom stereocenters. The molecule has 0 unspecified atom stereocenters. The number of alkyl halides is 2. The second-order valence-corrected chi connectivity index (χ2v) is 6.80. The summed E-state index contributed by atoms with van der Waals surface area (Å²) in [5.74, 6) is -2.26. The molecular formula is C18H18F2N6O. The number of carbonyl (C=O) groups excluding carboxylic acids is 1. The van der Waals surface area contributed by atoms with Crippen LogP contribution in [0.15, 0.2) is 30.7 Å². The Balaban J connectivity index is 1.54. The van der Waals surface area contributed by atoms with Crippen LogP contribution >= 0.6 is 0 Å². The maximum absolute atomic E-state index is 13.2. The van der Waals surface area contributed by atoms with Gasteiger partial charge in [-0.1, -0.05) is 12.1 Å². The fraction of sp³-hybridized carbons (Fsp3) is 0.333. The van der Waals surface area contributed by atoms with Crippen molar-refractivity contribution in [2.75, 3.05) is 17.3 Å². The molecule has 0 aliphatic carbocycles. The fourth-order valence-electron chi connectivity index (χ4n) is 3.21. The van der Waals surface area contributed by atoms with Crippen molar-refractivity contribution >= 4 is 28.4 Å². The molecule has 2 aromatic heterocycles. The summed E-state index contributed by atoms with van der Waals surface area (Å²) in [6, 6.07) is 5.86. The molecule has 1 aliphatic heterocycles. The molecule has 3 aromatic rings. The average Bonchev–Trinajstić information content (AvgIpc) is 3.12. The minimum absolute atomic E-state index is 0.0766. The van der Waals surface area contributed by atoms with Gasteiger partial charge in [-0.2, -0.15) is 5.10 Å². The first kappa shape index (κ1) is 17.3. The summed E-state index contributed by atoms with van der Waals surface area (Å²) in [6.07, 6.45) is 3.27. The Morgan fingerprint density at radius 3 is 2.89 bits per heavy atom. The number of aromatic nitrogens is 4. The van der Waals surface area contributed by atoms with E-state index in [0.717, 1.165) is 23.7 Å². The normalized spacial score (nSPS) is 14.1. The van der Waals surface area contributed by atoms with Crippen molar-refractivity contribution in [3.8, 4) is 0 Å². The lowest BCUT2D eigenvalue weighted by molar-refractivity contribution is -0.117. The van der Waals surface area contributed by atoms with E-state index in [1.165, 1.54) is 17.2 Å². The van der Waals surface area contributed by atoms with Crippen molar-refractivity contribution in [1.29, 1.82) is 0 Å². The van der Waals surface area contributed by atoms with E-state index in [1.54, 1.807) is 11.9 Å². The summed E-state index contributed by atoms with van der Waals surface area (Å²) in [4.78, 5) is 21.7. The van der Waals surface area contributed by atoms with E-state index in [1.807, 2.05) is 18.2 Å².